The van der Waals surface area contributed by atoms with E-state index >= 15 is 0 Å². The lowest BCUT2D eigenvalue weighted by atomic mass is 10.2. The van der Waals surface area contributed by atoms with Gasteiger partial charge in [0.2, 0.25) is 0 Å². The standard InChI is InChI=1S/C11H10ClNO5/c1-6-3-10(18-5-7(2)11(14)15)8(12)4-9(6)13(16)17/h3-4H,2,5H2,1H3,(H,14,15). The SMILES string of the molecule is C=C(COc1cc(C)c([N+](=O)[O-])cc1Cl)C(=O)O. The molecule has 0 bridgehead atoms. The van der Waals surface area contributed by atoms with Crippen LogP contribution < -0.4 is 4.74 Å². The summed E-state index contributed by atoms with van der Waals surface area (Å²) in [4.78, 5) is 20.6. The van der Waals surface area contributed by atoms with Crippen LogP contribution in [0.5, 0.6) is 5.75 Å². The summed E-state index contributed by atoms with van der Waals surface area (Å²) in [5, 5.41) is 19.3. The number of ether oxygens (including phenoxy) is 1. The van der Waals surface area contributed by atoms with Gasteiger partial charge in [0.1, 0.15) is 12.4 Å². The Kier molecular flexibility index (Phi) is 4.28. The number of aryl methyl sites for hydroxylation is 1. The number of halogens is 1. The van der Waals surface area contributed by atoms with Gasteiger partial charge in [0.25, 0.3) is 5.69 Å². The minimum atomic E-state index is -1.18. The summed E-state index contributed by atoms with van der Waals surface area (Å²) in [6.07, 6.45) is 0. The van der Waals surface area contributed by atoms with Gasteiger partial charge in [-0.05, 0) is 13.0 Å². The molecule has 1 aromatic rings. The molecule has 6 nitrogen and oxygen atoms in total. The molecule has 0 atom stereocenters. The Labute approximate surface area is 108 Å². The van der Waals surface area contributed by atoms with Gasteiger partial charge < -0.3 is 9.84 Å². The lowest BCUT2D eigenvalue weighted by Crippen LogP contribution is -2.09. The van der Waals surface area contributed by atoms with Gasteiger partial charge in [-0.3, -0.25) is 10.1 Å². The quantitative estimate of drug-likeness (QED) is 0.505. The first-order valence-corrected chi connectivity index (χ1v) is 5.19. The summed E-state index contributed by atoms with van der Waals surface area (Å²) in [6, 6.07) is 2.55. The molecule has 0 aliphatic rings. The Hall–Kier alpha value is -2.08. The van der Waals surface area contributed by atoms with Gasteiger partial charge >= 0.3 is 5.97 Å². The first-order chi connectivity index (χ1) is 8.32. The predicted molar refractivity (Wildman–Crippen MR) is 65.1 cm³/mol. The molecule has 0 radical (unpaired) electrons. The molecule has 18 heavy (non-hydrogen) atoms. The topological polar surface area (TPSA) is 89.7 Å². The molecule has 0 heterocycles. The average Bonchev–Trinajstić information content (AvgIpc) is 2.28. The fourth-order valence-electron chi connectivity index (χ4n) is 1.18. The van der Waals surface area contributed by atoms with Crippen LogP contribution in [-0.4, -0.2) is 22.6 Å². The Morgan fingerprint density at radius 3 is 2.72 bits per heavy atom. The molecule has 0 unspecified atom stereocenters. The van der Waals surface area contributed by atoms with Crippen molar-refractivity contribution < 1.29 is 19.6 Å². The van der Waals surface area contributed by atoms with Crippen molar-refractivity contribution in [3.8, 4) is 5.75 Å². The second-order valence-corrected chi connectivity index (χ2v) is 3.93. The van der Waals surface area contributed by atoms with Gasteiger partial charge in [-0.2, -0.15) is 0 Å². The van der Waals surface area contributed by atoms with E-state index in [-0.39, 0.29) is 28.6 Å². The third-order valence-electron chi connectivity index (χ3n) is 2.15. The van der Waals surface area contributed by atoms with Gasteiger partial charge in [0, 0.05) is 11.6 Å². The zero-order chi connectivity index (χ0) is 13.9. The zero-order valence-corrected chi connectivity index (χ0v) is 10.2. The molecular formula is C11H10ClNO5. The van der Waals surface area contributed by atoms with Crippen molar-refractivity contribution in [2.24, 2.45) is 0 Å². The monoisotopic (exact) mass is 271 g/mol. The molecular weight excluding hydrogens is 262 g/mol. The highest BCUT2D eigenvalue weighted by atomic mass is 35.5. The number of rotatable bonds is 5. The van der Waals surface area contributed by atoms with Crippen LogP contribution in [0.15, 0.2) is 24.3 Å². The molecule has 1 aromatic carbocycles. The third kappa shape index (κ3) is 3.21. The second kappa shape index (κ2) is 5.50. The molecule has 1 rings (SSSR count). The molecule has 0 aromatic heterocycles. The van der Waals surface area contributed by atoms with Gasteiger partial charge in [0.15, 0.2) is 0 Å². The van der Waals surface area contributed by atoms with E-state index in [2.05, 4.69) is 6.58 Å². The van der Waals surface area contributed by atoms with Gasteiger partial charge in [0.05, 0.1) is 15.5 Å². The van der Waals surface area contributed by atoms with Crippen molar-refractivity contribution in [1.29, 1.82) is 0 Å². The minimum absolute atomic E-state index is 0.0467. The molecule has 96 valence electrons. The number of carboxylic acid groups (broad SMARTS) is 1. The van der Waals surface area contributed by atoms with Crippen molar-refractivity contribution in [2.45, 2.75) is 6.92 Å². The minimum Gasteiger partial charge on any atom is -0.487 e. The lowest BCUT2D eigenvalue weighted by Gasteiger charge is -2.09. The van der Waals surface area contributed by atoms with Crippen LogP contribution in [0.3, 0.4) is 0 Å². The molecule has 0 saturated heterocycles. The van der Waals surface area contributed by atoms with E-state index in [4.69, 9.17) is 21.4 Å². The summed E-state index contributed by atoms with van der Waals surface area (Å²) < 4.78 is 5.14. The summed E-state index contributed by atoms with van der Waals surface area (Å²) in [5.41, 5.74) is 0.117. The molecule has 0 aliphatic heterocycles. The number of nitrogens with zero attached hydrogens (tertiary/aromatic N) is 1. The van der Waals surface area contributed by atoms with E-state index < -0.39 is 10.9 Å². The fraction of sp³-hybridized carbons (Fsp3) is 0.182. The molecule has 7 heteroatoms. The van der Waals surface area contributed by atoms with E-state index in [0.29, 0.717) is 5.56 Å². The van der Waals surface area contributed by atoms with Crippen LogP contribution in [0.4, 0.5) is 5.69 Å². The maximum absolute atomic E-state index is 10.7. The van der Waals surface area contributed by atoms with E-state index in [9.17, 15) is 14.9 Å². The predicted octanol–water partition coefficient (Wildman–Crippen LogP) is 2.58. The molecule has 0 aliphatic carbocycles. The van der Waals surface area contributed by atoms with Crippen molar-refractivity contribution >= 4 is 23.3 Å². The largest absolute Gasteiger partial charge is 0.487 e. The lowest BCUT2D eigenvalue weighted by molar-refractivity contribution is -0.385. The number of nitro groups is 1. The maximum Gasteiger partial charge on any atom is 0.334 e. The van der Waals surface area contributed by atoms with Gasteiger partial charge in [-0.15, -0.1) is 0 Å². The van der Waals surface area contributed by atoms with Crippen molar-refractivity contribution in [3.63, 3.8) is 0 Å². The summed E-state index contributed by atoms with van der Waals surface area (Å²) >= 11 is 5.80. The van der Waals surface area contributed by atoms with Crippen molar-refractivity contribution in [2.75, 3.05) is 6.61 Å². The van der Waals surface area contributed by atoms with Crippen LogP contribution in [0.1, 0.15) is 5.56 Å². The van der Waals surface area contributed by atoms with Crippen LogP contribution in [-0.2, 0) is 4.79 Å². The normalized spacial score (nSPS) is 9.89. The smallest absolute Gasteiger partial charge is 0.334 e. The first kappa shape index (κ1) is 14.0. The highest BCUT2D eigenvalue weighted by molar-refractivity contribution is 6.32. The number of aliphatic carboxylic acids is 1. The number of hydrogen-bond acceptors (Lipinski definition) is 4. The summed E-state index contributed by atoms with van der Waals surface area (Å²) in [6.45, 7) is 4.58. The Morgan fingerprint density at radius 2 is 2.22 bits per heavy atom. The molecule has 1 N–H and O–H groups in total. The van der Waals surface area contributed by atoms with Crippen molar-refractivity contribution in [1.82, 2.24) is 0 Å². The van der Waals surface area contributed by atoms with Gasteiger partial charge in [-0.1, -0.05) is 18.2 Å². The number of carboxylic acids is 1. The third-order valence-corrected chi connectivity index (χ3v) is 2.45. The Bertz CT molecular complexity index is 526. The second-order valence-electron chi connectivity index (χ2n) is 3.52. The number of benzene rings is 1. The van der Waals surface area contributed by atoms with E-state index in [0.717, 1.165) is 6.07 Å². The Morgan fingerprint density at radius 1 is 1.61 bits per heavy atom. The molecule has 0 spiro atoms. The zero-order valence-electron chi connectivity index (χ0n) is 9.47. The van der Waals surface area contributed by atoms with Crippen LogP contribution in [0, 0.1) is 17.0 Å². The van der Waals surface area contributed by atoms with E-state index in [1.165, 1.54) is 13.0 Å². The highest BCUT2D eigenvalue weighted by Gasteiger charge is 2.15. The number of hydrogen-bond donors (Lipinski definition) is 1. The van der Waals surface area contributed by atoms with Crippen LogP contribution in [0.2, 0.25) is 5.02 Å². The Balaban J connectivity index is 2.92. The van der Waals surface area contributed by atoms with Crippen LogP contribution >= 0.6 is 11.6 Å². The van der Waals surface area contributed by atoms with Gasteiger partial charge in [-0.25, -0.2) is 4.79 Å². The molecule has 0 saturated carbocycles. The van der Waals surface area contributed by atoms with Crippen molar-refractivity contribution in [3.05, 3.63) is 45.0 Å². The van der Waals surface area contributed by atoms with E-state index in [1.807, 2.05) is 0 Å². The molecule has 0 fully saturated rings. The fourth-order valence-corrected chi connectivity index (χ4v) is 1.39. The summed E-state index contributed by atoms with van der Waals surface area (Å²) in [5.74, 6) is -0.994. The highest BCUT2D eigenvalue weighted by Crippen LogP contribution is 2.32. The number of carbonyl (C=O) groups is 1. The van der Waals surface area contributed by atoms with E-state index in [1.54, 1.807) is 0 Å². The average molecular weight is 272 g/mol. The summed E-state index contributed by atoms with van der Waals surface area (Å²) in [7, 11) is 0. The number of nitro benzene ring substituents is 1. The van der Waals surface area contributed by atoms with Crippen LogP contribution in [0.25, 0.3) is 0 Å². The first-order valence-electron chi connectivity index (χ1n) is 4.81. The molecule has 0 amide bonds. The maximum atomic E-state index is 10.7.